The lowest BCUT2D eigenvalue weighted by Crippen LogP contribution is -2.24. The van der Waals surface area contributed by atoms with Crippen LogP contribution in [0.2, 0.25) is 0 Å². The number of hydrogen-bond donors (Lipinski definition) is 0. The molecule has 84 valence electrons. The summed E-state index contributed by atoms with van der Waals surface area (Å²) in [5, 5.41) is 0. The lowest BCUT2D eigenvalue weighted by molar-refractivity contribution is -0.187. The number of carbonyl (C=O) groups is 1. The first-order valence-electron chi connectivity index (χ1n) is 5.42. The molecule has 2 atom stereocenters. The first-order valence-corrected chi connectivity index (χ1v) is 5.42. The molecule has 0 aliphatic rings. The summed E-state index contributed by atoms with van der Waals surface area (Å²) in [6, 6.07) is 0. The smallest absolute Gasteiger partial charge is 0.304 e. The molecule has 0 bridgehead atoms. The fourth-order valence-corrected chi connectivity index (χ4v) is 1.21. The zero-order valence-electron chi connectivity index (χ0n) is 9.71. The van der Waals surface area contributed by atoms with E-state index in [0.29, 0.717) is 6.42 Å². The summed E-state index contributed by atoms with van der Waals surface area (Å²) in [6.07, 6.45) is 3.83. The SMILES string of the molecule is CCCCC(C)OC(CC)OC(C)=O. The first-order chi connectivity index (χ1) is 6.60. The van der Waals surface area contributed by atoms with Crippen molar-refractivity contribution in [1.82, 2.24) is 0 Å². The second-order valence-electron chi connectivity index (χ2n) is 3.54. The van der Waals surface area contributed by atoms with Gasteiger partial charge in [-0.15, -0.1) is 0 Å². The Morgan fingerprint density at radius 2 is 2.00 bits per heavy atom. The van der Waals surface area contributed by atoms with Gasteiger partial charge in [-0.1, -0.05) is 26.7 Å². The number of ether oxygens (including phenoxy) is 2. The van der Waals surface area contributed by atoms with Crippen LogP contribution in [0, 0.1) is 0 Å². The average molecular weight is 202 g/mol. The van der Waals surface area contributed by atoms with Crippen molar-refractivity contribution in [3.8, 4) is 0 Å². The summed E-state index contributed by atoms with van der Waals surface area (Å²) in [6.45, 7) is 7.51. The predicted octanol–water partition coefficient (Wildman–Crippen LogP) is 2.88. The van der Waals surface area contributed by atoms with Crippen molar-refractivity contribution in [3.63, 3.8) is 0 Å². The average Bonchev–Trinajstić information content (AvgIpc) is 2.12. The molecule has 0 heterocycles. The molecule has 0 aromatic rings. The highest BCUT2D eigenvalue weighted by Crippen LogP contribution is 2.10. The Labute approximate surface area is 86.8 Å². The second kappa shape index (κ2) is 7.80. The van der Waals surface area contributed by atoms with Crippen molar-refractivity contribution < 1.29 is 14.3 Å². The molecule has 3 nitrogen and oxygen atoms in total. The lowest BCUT2D eigenvalue weighted by atomic mass is 10.2. The maximum absolute atomic E-state index is 10.7. The Balaban J connectivity index is 3.73. The van der Waals surface area contributed by atoms with Gasteiger partial charge in [0.1, 0.15) is 0 Å². The molecule has 0 aliphatic carbocycles. The predicted molar refractivity (Wildman–Crippen MR) is 55.9 cm³/mol. The second-order valence-corrected chi connectivity index (χ2v) is 3.54. The molecular weight excluding hydrogens is 180 g/mol. The third-order valence-corrected chi connectivity index (χ3v) is 1.98. The summed E-state index contributed by atoms with van der Waals surface area (Å²) in [7, 11) is 0. The number of carbonyl (C=O) groups excluding carboxylic acids is 1. The van der Waals surface area contributed by atoms with Crippen LogP contribution >= 0.6 is 0 Å². The third kappa shape index (κ3) is 6.89. The van der Waals surface area contributed by atoms with Crippen molar-refractivity contribution in [2.75, 3.05) is 0 Å². The van der Waals surface area contributed by atoms with Crippen LogP contribution in [0.15, 0.2) is 0 Å². The fourth-order valence-electron chi connectivity index (χ4n) is 1.21. The fraction of sp³-hybridized carbons (Fsp3) is 0.909. The van der Waals surface area contributed by atoms with Gasteiger partial charge in [-0.05, 0) is 13.3 Å². The van der Waals surface area contributed by atoms with E-state index < -0.39 is 0 Å². The first kappa shape index (κ1) is 13.4. The molecule has 0 aromatic heterocycles. The van der Waals surface area contributed by atoms with Gasteiger partial charge < -0.3 is 9.47 Å². The topological polar surface area (TPSA) is 35.5 Å². The van der Waals surface area contributed by atoms with E-state index in [-0.39, 0.29) is 18.4 Å². The van der Waals surface area contributed by atoms with Gasteiger partial charge in [-0.2, -0.15) is 0 Å². The van der Waals surface area contributed by atoms with Crippen LogP contribution in [0.4, 0.5) is 0 Å². The van der Waals surface area contributed by atoms with Gasteiger partial charge in [-0.3, -0.25) is 4.79 Å². The highest BCUT2D eigenvalue weighted by Gasteiger charge is 2.13. The Hall–Kier alpha value is -0.570. The van der Waals surface area contributed by atoms with Crippen molar-refractivity contribution in [2.24, 2.45) is 0 Å². The van der Waals surface area contributed by atoms with Crippen LogP contribution in [-0.2, 0) is 14.3 Å². The minimum atomic E-state index is -0.376. The number of rotatable bonds is 7. The van der Waals surface area contributed by atoms with Gasteiger partial charge in [0.2, 0.25) is 6.29 Å². The number of esters is 1. The van der Waals surface area contributed by atoms with Crippen molar-refractivity contribution >= 4 is 5.97 Å². The molecule has 2 unspecified atom stereocenters. The lowest BCUT2D eigenvalue weighted by Gasteiger charge is -2.20. The summed E-state index contributed by atoms with van der Waals surface area (Å²) in [5.74, 6) is -0.278. The van der Waals surface area contributed by atoms with E-state index >= 15 is 0 Å². The molecule has 0 aliphatic heterocycles. The molecule has 0 spiro atoms. The molecule has 0 N–H and O–H groups in total. The Kier molecular flexibility index (Phi) is 7.48. The number of hydrogen-bond acceptors (Lipinski definition) is 3. The molecular formula is C11H22O3. The zero-order valence-corrected chi connectivity index (χ0v) is 9.71. The van der Waals surface area contributed by atoms with Crippen LogP contribution in [-0.4, -0.2) is 18.4 Å². The van der Waals surface area contributed by atoms with Gasteiger partial charge in [0, 0.05) is 13.3 Å². The van der Waals surface area contributed by atoms with Crippen LogP contribution < -0.4 is 0 Å². The Morgan fingerprint density at radius 1 is 1.36 bits per heavy atom. The van der Waals surface area contributed by atoms with E-state index in [4.69, 9.17) is 9.47 Å². The molecule has 14 heavy (non-hydrogen) atoms. The highest BCUT2D eigenvalue weighted by atomic mass is 16.7. The molecule has 0 amide bonds. The van der Waals surface area contributed by atoms with Crippen LogP contribution in [0.3, 0.4) is 0 Å². The molecule has 0 saturated carbocycles. The Bertz CT molecular complexity index is 157. The van der Waals surface area contributed by atoms with Crippen LogP contribution in [0.1, 0.15) is 53.4 Å². The van der Waals surface area contributed by atoms with Crippen molar-refractivity contribution in [2.45, 2.75) is 65.8 Å². The molecule has 0 radical (unpaired) electrons. The van der Waals surface area contributed by atoms with Gasteiger partial charge in [0.25, 0.3) is 0 Å². The molecule has 0 fully saturated rings. The summed E-state index contributed by atoms with van der Waals surface area (Å²) in [4.78, 5) is 10.7. The maximum atomic E-state index is 10.7. The van der Waals surface area contributed by atoms with E-state index in [1.165, 1.54) is 6.92 Å². The number of unbranched alkanes of at least 4 members (excludes halogenated alkanes) is 1. The molecule has 0 rings (SSSR count). The Morgan fingerprint density at radius 3 is 2.43 bits per heavy atom. The van der Waals surface area contributed by atoms with E-state index in [1.807, 2.05) is 13.8 Å². The molecule has 3 heteroatoms. The standard InChI is InChI=1S/C11H22O3/c1-5-7-8-9(3)13-11(6-2)14-10(4)12/h9,11H,5-8H2,1-4H3. The third-order valence-electron chi connectivity index (χ3n) is 1.98. The van der Waals surface area contributed by atoms with E-state index in [9.17, 15) is 4.79 Å². The normalized spacial score (nSPS) is 14.9. The maximum Gasteiger partial charge on any atom is 0.304 e. The summed E-state index contributed by atoms with van der Waals surface area (Å²) < 4.78 is 10.6. The molecule has 0 saturated heterocycles. The summed E-state index contributed by atoms with van der Waals surface area (Å²) >= 11 is 0. The summed E-state index contributed by atoms with van der Waals surface area (Å²) in [5.41, 5.74) is 0. The quantitative estimate of drug-likeness (QED) is 0.470. The van der Waals surface area contributed by atoms with Gasteiger partial charge >= 0.3 is 5.97 Å². The van der Waals surface area contributed by atoms with E-state index in [0.717, 1.165) is 19.3 Å². The van der Waals surface area contributed by atoms with Crippen LogP contribution in [0.25, 0.3) is 0 Å². The van der Waals surface area contributed by atoms with E-state index in [2.05, 4.69) is 6.92 Å². The minimum Gasteiger partial charge on any atom is -0.436 e. The van der Waals surface area contributed by atoms with Crippen molar-refractivity contribution in [1.29, 1.82) is 0 Å². The monoisotopic (exact) mass is 202 g/mol. The molecule has 0 aromatic carbocycles. The van der Waals surface area contributed by atoms with Gasteiger partial charge in [-0.25, -0.2) is 0 Å². The zero-order chi connectivity index (χ0) is 11.0. The minimum absolute atomic E-state index is 0.166. The van der Waals surface area contributed by atoms with Crippen LogP contribution in [0.5, 0.6) is 0 Å². The van der Waals surface area contributed by atoms with Crippen molar-refractivity contribution in [3.05, 3.63) is 0 Å². The largest absolute Gasteiger partial charge is 0.436 e. The van der Waals surface area contributed by atoms with Gasteiger partial charge in [0.15, 0.2) is 0 Å². The van der Waals surface area contributed by atoms with Gasteiger partial charge in [0.05, 0.1) is 6.10 Å². The van der Waals surface area contributed by atoms with E-state index in [1.54, 1.807) is 0 Å². The highest BCUT2D eigenvalue weighted by molar-refractivity contribution is 5.66.